The van der Waals surface area contributed by atoms with Gasteiger partial charge in [0.1, 0.15) is 5.69 Å². The molecule has 0 radical (unpaired) electrons. The van der Waals surface area contributed by atoms with E-state index in [1.54, 1.807) is 30.8 Å². The zero-order valence-electron chi connectivity index (χ0n) is 11.5. The number of hydrogen-bond acceptors (Lipinski definition) is 5. The highest BCUT2D eigenvalue weighted by molar-refractivity contribution is 7.10. The van der Waals surface area contributed by atoms with Gasteiger partial charge >= 0.3 is 0 Å². The number of rotatable bonds is 6. The SMILES string of the molecule is CCCNC(c1nccnc1OC)c1sccc1C. The number of aromatic nitrogens is 2. The van der Waals surface area contributed by atoms with Crippen molar-refractivity contribution in [2.24, 2.45) is 0 Å². The average molecular weight is 277 g/mol. The van der Waals surface area contributed by atoms with Crippen molar-refractivity contribution < 1.29 is 4.74 Å². The largest absolute Gasteiger partial charge is 0.480 e. The second kappa shape index (κ2) is 6.63. The standard InChI is InChI=1S/C14H19N3OS/c1-4-6-15-11(13-10(2)5-9-19-13)12-14(18-3)17-8-7-16-12/h5,7-9,11,15H,4,6H2,1-3H3. The van der Waals surface area contributed by atoms with E-state index in [2.05, 4.69) is 40.6 Å². The molecule has 2 aromatic rings. The lowest BCUT2D eigenvalue weighted by Crippen LogP contribution is -2.24. The summed E-state index contributed by atoms with van der Waals surface area (Å²) >= 11 is 1.74. The topological polar surface area (TPSA) is 47.0 Å². The van der Waals surface area contributed by atoms with Crippen molar-refractivity contribution in [3.05, 3.63) is 40.0 Å². The van der Waals surface area contributed by atoms with Crippen LogP contribution in [0.2, 0.25) is 0 Å². The number of aryl methyl sites for hydroxylation is 1. The Balaban J connectivity index is 2.40. The average Bonchev–Trinajstić information content (AvgIpc) is 2.86. The van der Waals surface area contributed by atoms with E-state index in [0.717, 1.165) is 18.7 Å². The van der Waals surface area contributed by atoms with Gasteiger partial charge in [-0.05, 0) is 36.9 Å². The van der Waals surface area contributed by atoms with E-state index < -0.39 is 0 Å². The number of hydrogen-bond donors (Lipinski definition) is 1. The third-order valence-corrected chi connectivity index (χ3v) is 4.00. The van der Waals surface area contributed by atoms with Gasteiger partial charge in [-0.15, -0.1) is 11.3 Å². The summed E-state index contributed by atoms with van der Waals surface area (Å²) in [5, 5.41) is 5.64. The molecule has 0 aromatic carbocycles. The molecule has 1 atom stereocenters. The first-order valence-corrected chi connectivity index (χ1v) is 7.28. The Morgan fingerprint density at radius 3 is 2.79 bits per heavy atom. The van der Waals surface area contributed by atoms with Gasteiger partial charge in [0, 0.05) is 17.3 Å². The smallest absolute Gasteiger partial charge is 0.237 e. The molecule has 2 aromatic heterocycles. The summed E-state index contributed by atoms with van der Waals surface area (Å²) in [4.78, 5) is 9.97. The molecule has 0 saturated carbocycles. The molecule has 0 spiro atoms. The van der Waals surface area contributed by atoms with Gasteiger partial charge in [0.2, 0.25) is 5.88 Å². The normalized spacial score (nSPS) is 12.4. The lowest BCUT2D eigenvalue weighted by molar-refractivity contribution is 0.383. The molecule has 19 heavy (non-hydrogen) atoms. The highest BCUT2D eigenvalue weighted by Crippen LogP contribution is 2.31. The molecular formula is C14H19N3OS. The van der Waals surface area contributed by atoms with E-state index in [1.807, 2.05) is 0 Å². The van der Waals surface area contributed by atoms with Crippen LogP contribution in [-0.2, 0) is 0 Å². The summed E-state index contributed by atoms with van der Waals surface area (Å²) in [7, 11) is 1.63. The Morgan fingerprint density at radius 1 is 1.37 bits per heavy atom. The summed E-state index contributed by atoms with van der Waals surface area (Å²) in [6.45, 7) is 5.20. The van der Waals surface area contributed by atoms with E-state index in [9.17, 15) is 0 Å². The van der Waals surface area contributed by atoms with Gasteiger partial charge in [0.25, 0.3) is 0 Å². The van der Waals surface area contributed by atoms with Crippen LogP contribution in [0.3, 0.4) is 0 Å². The van der Waals surface area contributed by atoms with E-state index in [1.165, 1.54) is 10.4 Å². The Kier molecular flexibility index (Phi) is 4.87. The zero-order valence-corrected chi connectivity index (χ0v) is 12.3. The second-order valence-electron chi connectivity index (χ2n) is 4.31. The van der Waals surface area contributed by atoms with Crippen LogP contribution in [0.4, 0.5) is 0 Å². The monoisotopic (exact) mass is 277 g/mol. The fourth-order valence-corrected chi connectivity index (χ4v) is 2.98. The number of nitrogens with one attached hydrogen (secondary N) is 1. The molecule has 0 bridgehead atoms. The van der Waals surface area contributed by atoms with Crippen molar-refractivity contribution in [1.29, 1.82) is 0 Å². The van der Waals surface area contributed by atoms with Crippen LogP contribution < -0.4 is 10.1 Å². The van der Waals surface area contributed by atoms with Crippen LogP contribution in [0.1, 0.15) is 35.5 Å². The lowest BCUT2D eigenvalue weighted by atomic mass is 10.1. The Hall–Kier alpha value is -1.46. The molecule has 4 nitrogen and oxygen atoms in total. The van der Waals surface area contributed by atoms with Crippen LogP contribution >= 0.6 is 11.3 Å². The van der Waals surface area contributed by atoms with Crippen molar-refractivity contribution in [3.63, 3.8) is 0 Å². The molecule has 0 aliphatic heterocycles. The second-order valence-corrected chi connectivity index (χ2v) is 5.25. The van der Waals surface area contributed by atoms with E-state index >= 15 is 0 Å². The third-order valence-electron chi connectivity index (χ3n) is 2.92. The molecule has 0 saturated heterocycles. The van der Waals surface area contributed by atoms with E-state index in [4.69, 9.17) is 4.74 Å². The van der Waals surface area contributed by atoms with Gasteiger partial charge in [-0.25, -0.2) is 4.98 Å². The molecule has 0 aliphatic rings. The summed E-state index contributed by atoms with van der Waals surface area (Å²) in [5.74, 6) is 0.587. The van der Waals surface area contributed by atoms with Gasteiger partial charge in [-0.1, -0.05) is 6.92 Å². The fourth-order valence-electron chi connectivity index (χ4n) is 1.97. The van der Waals surface area contributed by atoms with Crippen molar-refractivity contribution in [1.82, 2.24) is 15.3 Å². The van der Waals surface area contributed by atoms with Gasteiger partial charge in [-0.3, -0.25) is 4.98 Å². The molecule has 1 unspecified atom stereocenters. The first kappa shape index (κ1) is 14.0. The van der Waals surface area contributed by atoms with Crippen molar-refractivity contribution in [2.75, 3.05) is 13.7 Å². The molecule has 0 aliphatic carbocycles. The first-order chi connectivity index (χ1) is 9.27. The maximum atomic E-state index is 5.34. The fraction of sp³-hybridized carbons (Fsp3) is 0.429. The van der Waals surface area contributed by atoms with Gasteiger partial charge in [-0.2, -0.15) is 0 Å². The molecule has 0 fully saturated rings. The minimum Gasteiger partial charge on any atom is -0.480 e. The van der Waals surface area contributed by atoms with Gasteiger partial charge < -0.3 is 10.1 Å². The van der Waals surface area contributed by atoms with E-state index in [0.29, 0.717) is 5.88 Å². The lowest BCUT2D eigenvalue weighted by Gasteiger charge is -2.19. The van der Waals surface area contributed by atoms with Gasteiger partial charge in [0.05, 0.1) is 13.2 Å². The quantitative estimate of drug-likeness (QED) is 0.882. The maximum absolute atomic E-state index is 5.34. The van der Waals surface area contributed by atoms with Crippen molar-refractivity contribution in [2.45, 2.75) is 26.3 Å². The minimum absolute atomic E-state index is 0.0450. The van der Waals surface area contributed by atoms with Crippen molar-refractivity contribution >= 4 is 11.3 Å². The highest BCUT2D eigenvalue weighted by Gasteiger charge is 2.22. The van der Waals surface area contributed by atoms with Crippen LogP contribution in [0.5, 0.6) is 5.88 Å². The van der Waals surface area contributed by atoms with Crippen LogP contribution in [0.15, 0.2) is 23.8 Å². The molecule has 2 heterocycles. The summed E-state index contributed by atoms with van der Waals surface area (Å²) in [6, 6.07) is 2.17. The Labute approximate surface area is 117 Å². The van der Waals surface area contributed by atoms with E-state index in [-0.39, 0.29) is 6.04 Å². The predicted octanol–water partition coefficient (Wildman–Crippen LogP) is 2.94. The number of ether oxygens (including phenoxy) is 1. The number of methoxy groups -OCH3 is 1. The molecule has 2 rings (SSSR count). The third kappa shape index (κ3) is 3.11. The highest BCUT2D eigenvalue weighted by atomic mass is 32.1. The summed E-state index contributed by atoms with van der Waals surface area (Å²) < 4.78 is 5.34. The molecule has 102 valence electrons. The van der Waals surface area contributed by atoms with Crippen molar-refractivity contribution in [3.8, 4) is 5.88 Å². The number of nitrogens with zero attached hydrogens (tertiary/aromatic N) is 2. The maximum Gasteiger partial charge on any atom is 0.237 e. The predicted molar refractivity (Wildman–Crippen MR) is 77.8 cm³/mol. The van der Waals surface area contributed by atoms with Crippen LogP contribution in [0.25, 0.3) is 0 Å². The Bertz CT molecular complexity index is 527. The van der Waals surface area contributed by atoms with Gasteiger partial charge in [0.15, 0.2) is 0 Å². The molecule has 0 amide bonds. The summed E-state index contributed by atoms with van der Waals surface area (Å²) in [5.41, 5.74) is 2.12. The molecule has 1 N–H and O–H groups in total. The summed E-state index contributed by atoms with van der Waals surface area (Å²) in [6.07, 6.45) is 4.44. The molecule has 5 heteroatoms. The zero-order chi connectivity index (χ0) is 13.7. The number of thiophene rings is 1. The van der Waals surface area contributed by atoms with Crippen LogP contribution in [-0.4, -0.2) is 23.6 Å². The molecular weight excluding hydrogens is 258 g/mol. The minimum atomic E-state index is 0.0450. The Morgan fingerprint density at radius 2 is 2.16 bits per heavy atom. The first-order valence-electron chi connectivity index (χ1n) is 6.40. The van der Waals surface area contributed by atoms with Crippen LogP contribution in [0, 0.1) is 6.92 Å².